The second kappa shape index (κ2) is 7.99. The molecule has 0 bridgehead atoms. The van der Waals surface area contributed by atoms with Gasteiger partial charge < -0.3 is 20.1 Å². The summed E-state index contributed by atoms with van der Waals surface area (Å²) in [5, 5.41) is 5.89. The molecule has 1 fully saturated rings. The molecule has 8 heteroatoms. The fraction of sp³-hybridized carbons (Fsp3) is 0.462. The van der Waals surface area contributed by atoms with Gasteiger partial charge in [-0.15, -0.1) is 12.4 Å². The fourth-order valence-electron chi connectivity index (χ4n) is 2.11. The average Bonchev–Trinajstić information content (AvgIpc) is 2.91. The SMILES string of the molecule is COc1cccc(C(=O)NC2CCNC2)c1OC(F)F.Cl. The van der Waals surface area contributed by atoms with Crippen LogP contribution in [0.4, 0.5) is 8.78 Å². The number of ether oxygens (including phenoxy) is 2. The first-order valence-electron chi connectivity index (χ1n) is 6.25. The summed E-state index contributed by atoms with van der Waals surface area (Å²) in [4.78, 5) is 12.2. The third kappa shape index (κ3) is 4.44. The molecule has 118 valence electrons. The lowest BCUT2D eigenvalue weighted by Crippen LogP contribution is -2.36. The number of hydrogen-bond donors (Lipinski definition) is 2. The minimum atomic E-state index is -3.02. The number of benzene rings is 1. The Balaban J connectivity index is 0.00000220. The van der Waals surface area contributed by atoms with E-state index in [9.17, 15) is 13.6 Å². The monoisotopic (exact) mass is 322 g/mol. The van der Waals surface area contributed by atoms with E-state index in [0.29, 0.717) is 6.54 Å². The van der Waals surface area contributed by atoms with Gasteiger partial charge in [0.15, 0.2) is 11.5 Å². The quantitative estimate of drug-likeness (QED) is 0.868. The summed E-state index contributed by atoms with van der Waals surface area (Å²) in [5.41, 5.74) is 0.0385. The summed E-state index contributed by atoms with van der Waals surface area (Å²) >= 11 is 0. The number of rotatable bonds is 5. The number of methoxy groups -OCH3 is 1. The molecule has 1 atom stereocenters. The Hall–Kier alpha value is -1.60. The van der Waals surface area contributed by atoms with Crippen molar-refractivity contribution in [3.63, 3.8) is 0 Å². The van der Waals surface area contributed by atoms with Crippen molar-refractivity contribution in [3.8, 4) is 11.5 Å². The van der Waals surface area contributed by atoms with E-state index in [1.807, 2.05) is 0 Å². The Morgan fingerprint density at radius 2 is 2.24 bits per heavy atom. The molecule has 1 aromatic carbocycles. The van der Waals surface area contributed by atoms with Gasteiger partial charge in [-0.2, -0.15) is 8.78 Å². The lowest BCUT2D eigenvalue weighted by molar-refractivity contribution is -0.0515. The van der Waals surface area contributed by atoms with Gasteiger partial charge in [0.1, 0.15) is 0 Å². The summed E-state index contributed by atoms with van der Waals surface area (Å²) in [6.07, 6.45) is 0.806. The summed E-state index contributed by atoms with van der Waals surface area (Å²) in [6.45, 7) is -1.53. The molecule has 1 aromatic rings. The van der Waals surface area contributed by atoms with Crippen molar-refractivity contribution in [2.24, 2.45) is 0 Å². The highest BCUT2D eigenvalue weighted by Crippen LogP contribution is 2.32. The molecule has 0 radical (unpaired) electrons. The Kier molecular flexibility index (Phi) is 6.64. The molecule has 1 heterocycles. The van der Waals surface area contributed by atoms with E-state index in [1.54, 1.807) is 6.07 Å². The number of nitrogens with one attached hydrogen (secondary N) is 2. The second-order valence-electron chi connectivity index (χ2n) is 4.38. The van der Waals surface area contributed by atoms with E-state index < -0.39 is 12.5 Å². The van der Waals surface area contributed by atoms with Crippen LogP contribution in [0.1, 0.15) is 16.8 Å². The Bertz CT molecular complexity index is 482. The molecule has 1 unspecified atom stereocenters. The smallest absolute Gasteiger partial charge is 0.387 e. The van der Waals surface area contributed by atoms with Crippen LogP contribution in [0.2, 0.25) is 0 Å². The van der Waals surface area contributed by atoms with Gasteiger partial charge in [0, 0.05) is 12.6 Å². The molecule has 21 heavy (non-hydrogen) atoms. The predicted octanol–water partition coefficient (Wildman–Crippen LogP) is 1.81. The molecule has 1 aliphatic heterocycles. The van der Waals surface area contributed by atoms with Gasteiger partial charge in [0.2, 0.25) is 0 Å². The molecule has 1 amide bonds. The van der Waals surface area contributed by atoms with Gasteiger partial charge in [-0.25, -0.2) is 0 Å². The third-order valence-electron chi connectivity index (χ3n) is 3.05. The van der Waals surface area contributed by atoms with Crippen LogP contribution in [0, 0.1) is 0 Å². The molecule has 1 saturated heterocycles. The first kappa shape index (κ1) is 17.5. The number of carbonyl (C=O) groups excluding carboxylic acids is 1. The highest BCUT2D eigenvalue weighted by Gasteiger charge is 2.23. The number of hydrogen-bond acceptors (Lipinski definition) is 4. The van der Waals surface area contributed by atoms with Gasteiger partial charge in [-0.3, -0.25) is 4.79 Å². The van der Waals surface area contributed by atoms with E-state index in [0.717, 1.165) is 13.0 Å². The zero-order chi connectivity index (χ0) is 14.5. The topological polar surface area (TPSA) is 59.6 Å². The molecule has 5 nitrogen and oxygen atoms in total. The molecule has 2 N–H and O–H groups in total. The van der Waals surface area contributed by atoms with Crippen LogP contribution in [-0.4, -0.2) is 38.8 Å². The standard InChI is InChI=1S/C13H16F2N2O3.ClH/c1-19-10-4-2-3-9(11(10)20-13(14)15)12(18)17-8-5-6-16-7-8;/h2-4,8,13,16H,5-7H2,1H3,(H,17,18);1H. The molecule has 1 aliphatic rings. The lowest BCUT2D eigenvalue weighted by Gasteiger charge is -2.16. The van der Waals surface area contributed by atoms with Crippen LogP contribution < -0.4 is 20.1 Å². The van der Waals surface area contributed by atoms with Crippen LogP contribution in [0.25, 0.3) is 0 Å². The first-order chi connectivity index (χ1) is 9.61. The van der Waals surface area contributed by atoms with Crippen molar-refractivity contribution in [2.45, 2.75) is 19.1 Å². The van der Waals surface area contributed by atoms with Crippen molar-refractivity contribution in [1.82, 2.24) is 10.6 Å². The summed E-state index contributed by atoms with van der Waals surface area (Å²) in [5.74, 6) is -0.593. The maximum atomic E-state index is 12.5. The summed E-state index contributed by atoms with van der Waals surface area (Å²) in [6, 6.07) is 4.44. The minimum absolute atomic E-state index is 0. The zero-order valence-electron chi connectivity index (χ0n) is 11.4. The second-order valence-corrected chi connectivity index (χ2v) is 4.38. The summed E-state index contributed by atoms with van der Waals surface area (Å²) < 4.78 is 34.3. The number of halogens is 3. The maximum absolute atomic E-state index is 12.5. The van der Waals surface area contributed by atoms with E-state index >= 15 is 0 Å². The van der Waals surface area contributed by atoms with Crippen molar-refractivity contribution in [2.75, 3.05) is 20.2 Å². The van der Waals surface area contributed by atoms with Crippen molar-refractivity contribution in [1.29, 1.82) is 0 Å². The van der Waals surface area contributed by atoms with Crippen LogP contribution in [-0.2, 0) is 0 Å². The fourth-order valence-corrected chi connectivity index (χ4v) is 2.11. The minimum Gasteiger partial charge on any atom is -0.493 e. The van der Waals surface area contributed by atoms with Gasteiger partial charge in [-0.1, -0.05) is 6.07 Å². The Morgan fingerprint density at radius 3 is 2.81 bits per heavy atom. The zero-order valence-corrected chi connectivity index (χ0v) is 12.2. The van der Waals surface area contributed by atoms with Crippen LogP contribution >= 0.6 is 12.4 Å². The molecule has 0 aliphatic carbocycles. The Labute approximate surface area is 127 Å². The number of alkyl halides is 2. The summed E-state index contributed by atoms with van der Waals surface area (Å²) in [7, 11) is 1.33. The normalized spacial score (nSPS) is 17.2. The van der Waals surface area contributed by atoms with Crippen molar-refractivity contribution in [3.05, 3.63) is 23.8 Å². The third-order valence-corrected chi connectivity index (χ3v) is 3.05. The van der Waals surface area contributed by atoms with Gasteiger partial charge in [0.05, 0.1) is 12.7 Å². The van der Waals surface area contributed by atoms with E-state index in [1.165, 1.54) is 19.2 Å². The van der Waals surface area contributed by atoms with Gasteiger partial charge >= 0.3 is 6.61 Å². The number of carbonyl (C=O) groups is 1. The highest BCUT2D eigenvalue weighted by molar-refractivity contribution is 5.98. The van der Waals surface area contributed by atoms with Crippen LogP contribution in [0.5, 0.6) is 11.5 Å². The number of amides is 1. The molecular formula is C13H17ClF2N2O3. The van der Waals surface area contributed by atoms with E-state index in [-0.39, 0.29) is 35.5 Å². The first-order valence-corrected chi connectivity index (χ1v) is 6.25. The van der Waals surface area contributed by atoms with Gasteiger partial charge in [0.25, 0.3) is 5.91 Å². The van der Waals surface area contributed by atoms with Crippen LogP contribution in [0.3, 0.4) is 0 Å². The molecule has 0 saturated carbocycles. The number of para-hydroxylation sites is 1. The highest BCUT2D eigenvalue weighted by atomic mass is 35.5. The Morgan fingerprint density at radius 1 is 1.48 bits per heavy atom. The average molecular weight is 323 g/mol. The molecule has 0 aromatic heterocycles. The van der Waals surface area contributed by atoms with E-state index in [2.05, 4.69) is 15.4 Å². The van der Waals surface area contributed by atoms with Crippen molar-refractivity contribution < 1.29 is 23.0 Å². The van der Waals surface area contributed by atoms with Gasteiger partial charge in [-0.05, 0) is 25.1 Å². The molecule has 0 spiro atoms. The van der Waals surface area contributed by atoms with E-state index in [4.69, 9.17) is 4.74 Å². The predicted molar refractivity (Wildman–Crippen MR) is 75.6 cm³/mol. The molecular weight excluding hydrogens is 306 g/mol. The largest absolute Gasteiger partial charge is 0.493 e. The molecule has 2 rings (SSSR count). The lowest BCUT2D eigenvalue weighted by atomic mass is 10.1. The maximum Gasteiger partial charge on any atom is 0.387 e. The van der Waals surface area contributed by atoms with Crippen LogP contribution in [0.15, 0.2) is 18.2 Å². The van der Waals surface area contributed by atoms with Crippen molar-refractivity contribution >= 4 is 18.3 Å².